The molecule has 0 saturated carbocycles. The average Bonchev–Trinajstić information content (AvgIpc) is 2.58. The van der Waals surface area contributed by atoms with Gasteiger partial charge in [-0.1, -0.05) is 48.5 Å². The van der Waals surface area contributed by atoms with E-state index in [-0.39, 0.29) is 0 Å². The van der Waals surface area contributed by atoms with Crippen molar-refractivity contribution in [1.82, 2.24) is 4.98 Å². The average molecular weight is 289 g/mol. The molecule has 0 atom stereocenters. The van der Waals surface area contributed by atoms with Crippen LogP contribution in [0.2, 0.25) is 0 Å². The topological polar surface area (TPSA) is 22.1 Å². The summed E-state index contributed by atoms with van der Waals surface area (Å²) in [6.07, 6.45) is 0.863. The second kappa shape index (κ2) is 6.44. The van der Waals surface area contributed by atoms with Gasteiger partial charge in [0.05, 0.1) is 12.8 Å². The number of nitrogens with zero attached hydrogens (tertiary/aromatic N) is 1. The van der Waals surface area contributed by atoms with Crippen LogP contribution in [0.1, 0.15) is 16.8 Å². The molecule has 0 amide bonds. The van der Waals surface area contributed by atoms with Crippen LogP contribution in [0.5, 0.6) is 5.75 Å². The quantitative estimate of drug-likeness (QED) is 0.697. The SMILES string of the molecule is COc1ccc(Cc2ccc(C)nc2-c2ccccc2)cc1. The van der Waals surface area contributed by atoms with Gasteiger partial charge in [-0.25, -0.2) is 0 Å². The van der Waals surface area contributed by atoms with E-state index < -0.39 is 0 Å². The Bertz CT molecular complexity index is 748. The van der Waals surface area contributed by atoms with E-state index in [9.17, 15) is 0 Å². The Hall–Kier alpha value is -2.61. The zero-order valence-electron chi connectivity index (χ0n) is 12.9. The monoisotopic (exact) mass is 289 g/mol. The number of hydrogen-bond acceptors (Lipinski definition) is 2. The minimum Gasteiger partial charge on any atom is -0.497 e. The van der Waals surface area contributed by atoms with Gasteiger partial charge >= 0.3 is 0 Å². The highest BCUT2D eigenvalue weighted by Crippen LogP contribution is 2.24. The van der Waals surface area contributed by atoms with E-state index in [2.05, 4.69) is 48.5 Å². The summed E-state index contributed by atoms with van der Waals surface area (Å²) in [6, 6.07) is 22.8. The summed E-state index contributed by atoms with van der Waals surface area (Å²) < 4.78 is 5.22. The first-order valence-electron chi connectivity index (χ1n) is 7.41. The van der Waals surface area contributed by atoms with Crippen LogP contribution in [0.15, 0.2) is 66.7 Å². The van der Waals surface area contributed by atoms with Gasteiger partial charge in [-0.05, 0) is 42.7 Å². The molecule has 0 aliphatic carbocycles. The van der Waals surface area contributed by atoms with Gasteiger partial charge in [0.15, 0.2) is 0 Å². The number of hydrogen-bond donors (Lipinski definition) is 0. The van der Waals surface area contributed by atoms with Crippen molar-refractivity contribution in [2.75, 3.05) is 7.11 Å². The predicted octanol–water partition coefficient (Wildman–Crippen LogP) is 4.66. The van der Waals surface area contributed by atoms with Gasteiger partial charge in [-0.2, -0.15) is 0 Å². The maximum atomic E-state index is 5.22. The van der Waals surface area contributed by atoms with Crippen molar-refractivity contribution in [2.45, 2.75) is 13.3 Å². The number of methoxy groups -OCH3 is 1. The van der Waals surface area contributed by atoms with E-state index in [1.807, 2.05) is 25.1 Å². The van der Waals surface area contributed by atoms with Gasteiger partial charge in [0, 0.05) is 11.3 Å². The number of pyridine rings is 1. The highest BCUT2D eigenvalue weighted by molar-refractivity contribution is 5.63. The lowest BCUT2D eigenvalue weighted by molar-refractivity contribution is 0.414. The molecule has 1 aromatic heterocycles. The molecule has 0 fully saturated rings. The summed E-state index contributed by atoms with van der Waals surface area (Å²) in [6.45, 7) is 2.03. The molecule has 0 radical (unpaired) electrons. The second-order valence-electron chi connectivity index (χ2n) is 5.35. The molecule has 2 heteroatoms. The van der Waals surface area contributed by atoms with Crippen molar-refractivity contribution in [2.24, 2.45) is 0 Å². The van der Waals surface area contributed by atoms with Crippen LogP contribution in [0.4, 0.5) is 0 Å². The number of rotatable bonds is 4. The minimum absolute atomic E-state index is 0.863. The van der Waals surface area contributed by atoms with E-state index in [4.69, 9.17) is 9.72 Å². The van der Waals surface area contributed by atoms with Crippen LogP contribution in [0, 0.1) is 6.92 Å². The van der Waals surface area contributed by atoms with Gasteiger partial charge in [0.25, 0.3) is 0 Å². The Labute approximate surface area is 131 Å². The van der Waals surface area contributed by atoms with Gasteiger partial charge < -0.3 is 4.74 Å². The first-order chi connectivity index (χ1) is 10.8. The van der Waals surface area contributed by atoms with Crippen molar-refractivity contribution >= 4 is 0 Å². The van der Waals surface area contributed by atoms with Crippen LogP contribution >= 0.6 is 0 Å². The van der Waals surface area contributed by atoms with E-state index in [1.54, 1.807) is 7.11 Å². The van der Waals surface area contributed by atoms with E-state index in [0.717, 1.165) is 29.1 Å². The highest BCUT2D eigenvalue weighted by Gasteiger charge is 2.08. The van der Waals surface area contributed by atoms with Crippen LogP contribution in [0.3, 0.4) is 0 Å². The van der Waals surface area contributed by atoms with Crippen LogP contribution < -0.4 is 4.74 Å². The summed E-state index contributed by atoms with van der Waals surface area (Å²) >= 11 is 0. The molecule has 0 aliphatic rings. The third-order valence-electron chi connectivity index (χ3n) is 3.72. The van der Waals surface area contributed by atoms with Gasteiger partial charge in [-0.15, -0.1) is 0 Å². The summed E-state index contributed by atoms with van der Waals surface area (Å²) in [7, 11) is 1.69. The normalized spacial score (nSPS) is 10.5. The van der Waals surface area contributed by atoms with E-state index in [0.29, 0.717) is 0 Å². The number of aryl methyl sites for hydroxylation is 1. The Kier molecular flexibility index (Phi) is 4.19. The van der Waals surface area contributed by atoms with E-state index >= 15 is 0 Å². The zero-order chi connectivity index (χ0) is 15.4. The molecular weight excluding hydrogens is 270 g/mol. The first-order valence-corrected chi connectivity index (χ1v) is 7.41. The molecule has 1 heterocycles. The zero-order valence-corrected chi connectivity index (χ0v) is 12.9. The molecular formula is C20H19NO. The Morgan fingerprint density at radius 3 is 2.27 bits per heavy atom. The lowest BCUT2D eigenvalue weighted by Crippen LogP contribution is -1.97. The summed E-state index contributed by atoms with van der Waals surface area (Å²) in [5, 5.41) is 0. The standard InChI is InChI=1S/C20H19NO/c1-15-8-11-18(14-16-9-12-19(22-2)13-10-16)20(21-15)17-6-4-3-5-7-17/h3-13H,14H2,1-2H3. The molecule has 2 aromatic carbocycles. The molecule has 3 rings (SSSR count). The lowest BCUT2D eigenvalue weighted by atomic mass is 9.99. The first kappa shape index (κ1) is 14.3. The molecule has 3 aromatic rings. The highest BCUT2D eigenvalue weighted by atomic mass is 16.5. The van der Waals surface area contributed by atoms with Crippen molar-refractivity contribution in [3.8, 4) is 17.0 Å². The molecule has 0 unspecified atom stereocenters. The molecule has 0 spiro atoms. The maximum Gasteiger partial charge on any atom is 0.118 e. The summed E-state index contributed by atoms with van der Waals surface area (Å²) in [4.78, 5) is 4.75. The van der Waals surface area contributed by atoms with Gasteiger partial charge in [0.1, 0.15) is 5.75 Å². The van der Waals surface area contributed by atoms with Crippen LogP contribution in [-0.2, 0) is 6.42 Å². The third-order valence-corrected chi connectivity index (χ3v) is 3.72. The molecule has 0 N–H and O–H groups in total. The fourth-order valence-electron chi connectivity index (χ4n) is 2.54. The van der Waals surface area contributed by atoms with Gasteiger partial charge in [0.2, 0.25) is 0 Å². The fourth-order valence-corrected chi connectivity index (χ4v) is 2.54. The Morgan fingerprint density at radius 2 is 1.59 bits per heavy atom. The molecule has 0 aliphatic heterocycles. The summed E-state index contributed by atoms with van der Waals surface area (Å²) in [5.41, 5.74) is 5.76. The predicted molar refractivity (Wildman–Crippen MR) is 90.2 cm³/mol. The Balaban J connectivity index is 1.96. The van der Waals surface area contributed by atoms with Crippen molar-refractivity contribution in [1.29, 1.82) is 0 Å². The molecule has 0 bridgehead atoms. The van der Waals surface area contributed by atoms with Crippen molar-refractivity contribution < 1.29 is 4.74 Å². The maximum absolute atomic E-state index is 5.22. The third kappa shape index (κ3) is 3.17. The second-order valence-corrected chi connectivity index (χ2v) is 5.35. The molecule has 2 nitrogen and oxygen atoms in total. The molecule has 0 saturated heterocycles. The van der Waals surface area contributed by atoms with Crippen LogP contribution in [0.25, 0.3) is 11.3 Å². The lowest BCUT2D eigenvalue weighted by Gasteiger charge is -2.10. The number of ether oxygens (including phenoxy) is 1. The largest absolute Gasteiger partial charge is 0.497 e. The van der Waals surface area contributed by atoms with Crippen molar-refractivity contribution in [3.05, 3.63) is 83.6 Å². The fraction of sp³-hybridized carbons (Fsp3) is 0.150. The van der Waals surface area contributed by atoms with E-state index in [1.165, 1.54) is 11.1 Å². The number of benzene rings is 2. The molecule has 22 heavy (non-hydrogen) atoms. The number of aromatic nitrogens is 1. The molecule has 110 valence electrons. The Morgan fingerprint density at radius 1 is 0.864 bits per heavy atom. The minimum atomic E-state index is 0.863. The van der Waals surface area contributed by atoms with Crippen molar-refractivity contribution in [3.63, 3.8) is 0 Å². The van der Waals surface area contributed by atoms with Gasteiger partial charge in [-0.3, -0.25) is 4.98 Å². The summed E-state index contributed by atoms with van der Waals surface area (Å²) in [5.74, 6) is 0.883. The van der Waals surface area contributed by atoms with Crippen LogP contribution in [-0.4, -0.2) is 12.1 Å². The smallest absolute Gasteiger partial charge is 0.118 e.